The topological polar surface area (TPSA) is 184 Å². The quantitative estimate of drug-likeness (QED) is 0.0380. The van der Waals surface area contributed by atoms with Gasteiger partial charge in [-0.3, -0.25) is 14.3 Å². The van der Waals surface area contributed by atoms with Gasteiger partial charge >= 0.3 is 5.69 Å². The van der Waals surface area contributed by atoms with Crippen LogP contribution in [0.1, 0.15) is 89.0 Å². The molecule has 0 saturated heterocycles. The maximum absolute atomic E-state index is 13.6. The summed E-state index contributed by atoms with van der Waals surface area (Å²) in [6.07, 6.45) is 1.54. The zero-order valence-corrected chi connectivity index (χ0v) is 70.9. The standard InChI is InChI=1S/C110H96N2O16/c1-79-63-112(110(114)111-109(79)113)64-88-42-95(123-73-93-52-105(125-75-89-44-97(115-65-80-26-10-2-11-27-80)57-98(45-89)116-66-81-28-12-3-13-29-81)61-106(53-93)126-76-90-46-99(117-67-82-30-14-4-15-31-82)58-100(47-90)118-68-83-32-16-5-17-33-83)56-96(43-88)124-74-94-54-107(127-77-91-48-101(119-69-84-34-18-6-19-35-84)59-102(49-91)120-70-85-36-20-7-21-37-85)62-108(55-94)128-78-92-50-103(121-71-86-38-22-8-23-39-86)60-104(51-92)122-72-87-40-24-9-25-41-87/h2-63H,64-78H2,1H3,(H,111,113,114). The lowest BCUT2D eigenvalue weighted by Crippen LogP contribution is -2.31. The van der Waals surface area contributed by atoms with Crippen molar-refractivity contribution in [3.05, 3.63) is 486 Å². The summed E-state index contributed by atoms with van der Waals surface area (Å²) < 4.78 is 93.9. The minimum Gasteiger partial charge on any atom is -0.489 e. The third kappa shape index (κ3) is 26.6. The summed E-state index contributed by atoms with van der Waals surface area (Å²) >= 11 is 0. The molecule has 128 heavy (non-hydrogen) atoms. The summed E-state index contributed by atoms with van der Waals surface area (Å²) in [5.41, 5.74) is 12.6. The van der Waals surface area contributed by atoms with E-state index < -0.39 is 11.2 Å². The molecule has 15 aromatic carbocycles. The summed E-state index contributed by atoms with van der Waals surface area (Å²) in [6, 6.07) is 120. The fraction of sp³-hybridized carbons (Fsp3) is 0.145. The lowest BCUT2D eigenvalue weighted by Gasteiger charge is -2.17. The average molecular weight is 1700 g/mol. The minimum atomic E-state index is -0.586. The van der Waals surface area contributed by atoms with Crippen LogP contribution in [0.4, 0.5) is 0 Å². The molecule has 0 aliphatic heterocycles. The van der Waals surface area contributed by atoms with E-state index in [2.05, 4.69) is 4.98 Å². The highest BCUT2D eigenvalue weighted by atomic mass is 16.5. The number of aryl methyl sites for hydroxylation is 1. The van der Waals surface area contributed by atoms with Gasteiger partial charge in [0.05, 0.1) is 6.54 Å². The zero-order chi connectivity index (χ0) is 87.1. The van der Waals surface area contributed by atoms with Gasteiger partial charge in [0.1, 0.15) is 173 Å². The van der Waals surface area contributed by atoms with Gasteiger partial charge < -0.3 is 66.3 Å². The SMILES string of the molecule is Cc1cn(Cc2cc(OCc3cc(OCc4cc(OCc5ccccc5)cc(OCc5ccccc5)c4)cc(OCc4cc(OCc5ccccc5)cc(OCc5ccccc5)c4)c3)cc(OCc3cc(OCc4cc(OCc5ccccc5)cc(OCc5ccccc5)c4)cc(OCc4cc(OCc5ccccc5)cc(OCc5ccccc5)c4)c3)c2)c(=O)[nH]c1=O. The molecule has 0 bridgehead atoms. The van der Waals surface area contributed by atoms with Crippen LogP contribution in [0, 0.1) is 6.92 Å². The molecule has 0 fully saturated rings. The van der Waals surface area contributed by atoms with Crippen LogP contribution in [-0.4, -0.2) is 9.55 Å². The van der Waals surface area contributed by atoms with Crippen molar-refractivity contribution < 1.29 is 66.3 Å². The predicted octanol–water partition coefficient (Wildman–Crippen LogP) is 23.0. The molecule has 0 unspecified atom stereocenters. The van der Waals surface area contributed by atoms with Gasteiger partial charge in [-0.2, -0.15) is 0 Å². The lowest BCUT2D eigenvalue weighted by molar-refractivity contribution is 0.270. The first-order chi connectivity index (χ1) is 63.0. The Bertz CT molecular complexity index is 5460. The second-order valence-electron chi connectivity index (χ2n) is 30.8. The Kier molecular flexibility index (Phi) is 29.5. The fourth-order valence-electron chi connectivity index (χ4n) is 14.0. The second kappa shape index (κ2) is 44.0. The number of rotatable bonds is 44. The summed E-state index contributed by atoms with van der Waals surface area (Å²) in [7, 11) is 0. The second-order valence-corrected chi connectivity index (χ2v) is 30.8. The average Bonchev–Trinajstić information content (AvgIpc) is 0.791. The van der Waals surface area contributed by atoms with Gasteiger partial charge in [-0.05, 0) is 175 Å². The van der Waals surface area contributed by atoms with Crippen molar-refractivity contribution in [3.8, 4) is 80.5 Å². The normalized spacial score (nSPS) is 10.9. The van der Waals surface area contributed by atoms with E-state index >= 15 is 0 Å². The van der Waals surface area contributed by atoms with E-state index in [-0.39, 0.29) is 46.2 Å². The zero-order valence-electron chi connectivity index (χ0n) is 70.9. The highest BCUT2D eigenvalue weighted by Gasteiger charge is 2.18. The third-order valence-electron chi connectivity index (χ3n) is 20.5. The number of nitrogens with one attached hydrogen (secondary N) is 1. The molecule has 0 aliphatic carbocycles. The van der Waals surface area contributed by atoms with Crippen molar-refractivity contribution >= 4 is 0 Å². The molecule has 0 aliphatic rings. The van der Waals surface area contributed by atoms with Crippen LogP contribution in [0.2, 0.25) is 0 Å². The van der Waals surface area contributed by atoms with Gasteiger partial charge in [0, 0.05) is 54.2 Å². The van der Waals surface area contributed by atoms with Crippen LogP contribution in [0.5, 0.6) is 80.5 Å². The number of aromatic nitrogens is 2. The molecule has 1 heterocycles. The lowest BCUT2D eigenvalue weighted by atomic mass is 10.1. The largest absolute Gasteiger partial charge is 0.489 e. The van der Waals surface area contributed by atoms with Crippen molar-refractivity contribution in [2.24, 2.45) is 0 Å². The van der Waals surface area contributed by atoms with Gasteiger partial charge in [-0.25, -0.2) is 4.79 Å². The molecule has 0 spiro atoms. The van der Waals surface area contributed by atoms with Crippen molar-refractivity contribution in [3.63, 3.8) is 0 Å². The molecule has 0 atom stereocenters. The highest BCUT2D eigenvalue weighted by Crippen LogP contribution is 2.36. The number of ether oxygens (including phenoxy) is 14. The van der Waals surface area contributed by atoms with E-state index in [9.17, 15) is 9.59 Å². The number of hydrogen-bond acceptors (Lipinski definition) is 16. The number of hydrogen-bond donors (Lipinski definition) is 1. The summed E-state index contributed by atoms with van der Waals surface area (Å²) in [6.45, 7) is 4.86. The van der Waals surface area contributed by atoms with Gasteiger partial charge in [0.15, 0.2) is 0 Å². The molecule has 16 aromatic rings. The Hall–Kier alpha value is -15.8. The van der Waals surface area contributed by atoms with E-state index in [1.54, 1.807) is 13.0 Å². The summed E-state index contributed by atoms with van der Waals surface area (Å²) in [4.78, 5) is 28.9. The molecule has 16 rings (SSSR count). The maximum Gasteiger partial charge on any atom is 0.328 e. The number of nitrogens with zero attached hydrogens (tertiary/aromatic N) is 1. The van der Waals surface area contributed by atoms with E-state index in [4.69, 9.17) is 66.3 Å². The Morgan fingerprint density at radius 3 is 0.484 bits per heavy atom. The van der Waals surface area contributed by atoms with Crippen molar-refractivity contribution in [2.75, 3.05) is 0 Å². The molecule has 18 nitrogen and oxygen atoms in total. The highest BCUT2D eigenvalue weighted by molar-refractivity contribution is 5.47. The van der Waals surface area contributed by atoms with Crippen molar-refractivity contribution in [1.82, 2.24) is 9.55 Å². The van der Waals surface area contributed by atoms with Crippen LogP contribution in [-0.2, 0) is 99.0 Å². The first kappa shape index (κ1) is 85.7. The van der Waals surface area contributed by atoms with E-state index in [0.717, 1.165) is 66.8 Å². The molecule has 1 aromatic heterocycles. The van der Waals surface area contributed by atoms with E-state index in [1.165, 1.54) is 10.8 Å². The Morgan fingerprint density at radius 2 is 0.328 bits per heavy atom. The first-order valence-electron chi connectivity index (χ1n) is 42.4. The van der Waals surface area contributed by atoms with Crippen LogP contribution in [0.25, 0.3) is 0 Å². The predicted molar refractivity (Wildman–Crippen MR) is 492 cm³/mol. The van der Waals surface area contributed by atoms with Crippen LogP contribution >= 0.6 is 0 Å². The van der Waals surface area contributed by atoms with Gasteiger partial charge in [-0.1, -0.05) is 243 Å². The summed E-state index contributed by atoms with van der Waals surface area (Å²) in [5, 5.41) is 0. The maximum atomic E-state index is 13.6. The molecule has 642 valence electrons. The number of H-pyrrole nitrogens is 1. The van der Waals surface area contributed by atoms with E-state index in [0.29, 0.717) is 156 Å². The van der Waals surface area contributed by atoms with Gasteiger partial charge in [0.2, 0.25) is 0 Å². The van der Waals surface area contributed by atoms with E-state index in [1.807, 2.05) is 364 Å². The third-order valence-corrected chi connectivity index (χ3v) is 20.5. The molecule has 1 N–H and O–H groups in total. The van der Waals surface area contributed by atoms with Crippen molar-refractivity contribution in [1.29, 1.82) is 0 Å². The Labute approximate surface area is 744 Å². The number of aromatic amines is 1. The molecular weight excluding hydrogens is 1610 g/mol. The van der Waals surface area contributed by atoms with Crippen LogP contribution in [0.15, 0.2) is 386 Å². The Balaban J connectivity index is 0.707. The van der Waals surface area contributed by atoms with Crippen LogP contribution in [0.3, 0.4) is 0 Å². The monoisotopic (exact) mass is 1700 g/mol. The Morgan fingerprint density at radius 1 is 0.188 bits per heavy atom. The number of benzene rings is 15. The molecule has 18 heteroatoms. The fourth-order valence-corrected chi connectivity index (χ4v) is 14.0. The van der Waals surface area contributed by atoms with Gasteiger partial charge in [-0.15, -0.1) is 0 Å². The van der Waals surface area contributed by atoms with Crippen molar-refractivity contribution in [2.45, 2.75) is 106 Å². The van der Waals surface area contributed by atoms with Gasteiger partial charge in [0.25, 0.3) is 5.56 Å². The first-order valence-corrected chi connectivity index (χ1v) is 42.4. The van der Waals surface area contributed by atoms with Crippen LogP contribution < -0.4 is 77.6 Å². The molecular formula is C110H96N2O16. The molecule has 0 saturated carbocycles. The molecule has 0 amide bonds. The smallest absolute Gasteiger partial charge is 0.328 e. The summed E-state index contributed by atoms with van der Waals surface area (Å²) in [5.74, 6) is 7.59. The molecule has 0 radical (unpaired) electrons. The minimum absolute atomic E-state index is 0.000226.